The Morgan fingerprint density at radius 3 is 2.67 bits per heavy atom. The molecule has 0 saturated heterocycles. The van der Waals surface area contributed by atoms with E-state index in [9.17, 15) is 8.42 Å². The molecular formula is C10H13N5O2S. The van der Waals surface area contributed by atoms with Crippen molar-refractivity contribution < 1.29 is 8.42 Å². The van der Waals surface area contributed by atoms with E-state index in [2.05, 4.69) is 19.9 Å². The number of nitrogens with zero attached hydrogens (tertiary/aromatic N) is 2. The Balaban J connectivity index is 2.43. The molecule has 0 radical (unpaired) electrons. The van der Waals surface area contributed by atoms with Crippen LogP contribution in [0.1, 0.15) is 11.4 Å². The zero-order valence-electron chi connectivity index (χ0n) is 9.93. The molecule has 0 aliphatic heterocycles. The molecular weight excluding hydrogens is 254 g/mol. The van der Waals surface area contributed by atoms with E-state index >= 15 is 0 Å². The summed E-state index contributed by atoms with van der Waals surface area (Å²) in [6.45, 7) is 3.43. The first-order valence-corrected chi connectivity index (χ1v) is 6.65. The Morgan fingerprint density at radius 2 is 2.11 bits per heavy atom. The lowest BCUT2D eigenvalue weighted by molar-refractivity contribution is 0.601. The topological polar surface area (TPSA) is 114 Å². The number of aromatic nitrogens is 3. The second-order valence-electron chi connectivity index (χ2n) is 3.80. The molecule has 0 aliphatic rings. The highest BCUT2D eigenvalue weighted by Crippen LogP contribution is 2.23. The van der Waals surface area contributed by atoms with Gasteiger partial charge in [0.1, 0.15) is 10.7 Å². The first-order chi connectivity index (χ1) is 8.42. The van der Waals surface area contributed by atoms with Crippen molar-refractivity contribution >= 4 is 21.5 Å². The number of rotatable bonds is 3. The maximum absolute atomic E-state index is 12.2. The molecule has 96 valence electrons. The van der Waals surface area contributed by atoms with Gasteiger partial charge in [-0.3, -0.25) is 9.82 Å². The number of H-pyrrole nitrogens is 1. The van der Waals surface area contributed by atoms with Crippen molar-refractivity contribution in [1.82, 2.24) is 15.2 Å². The molecule has 8 heteroatoms. The third-order valence-corrected chi connectivity index (χ3v) is 3.85. The number of nitrogens with two attached hydrogens (primary N) is 1. The molecule has 2 aromatic rings. The number of nitrogen functional groups attached to an aromatic ring is 1. The maximum Gasteiger partial charge on any atom is 0.265 e. The lowest BCUT2D eigenvalue weighted by Crippen LogP contribution is -2.16. The Morgan fingerprint density at radius 1 is 1.39 bits per heavy atom. The number of sulfonamides is 1. The minimum atomic E-state index is -3.76. The summed E-state index contributed by atoms with van der Waals surface area (Å²) in [6, 6.07) is 2.91. The molecule has 0 unspecified atom stereocenters. The molecule has 2 heterocycles. The Kier molecular flexibility index (Phi) is 2.95. The predicted octanol–water partition coefficient (Wildman–Crippen LogP) is 0.805. The summed E-state index contributed by atoms with van der Waals surface area (Å²) < 4.78 is 26.8. The molecule has 4 N–H and O–H groups in total. The summed E-state index contributed by atoms with van der Waals surface area (Å²) in [4.78, 5) is 3.70. The van der Waals surface area contributed by atoms with Crippen LogP contribution < -0.4 is 10.5 Å². The van der Waals surface area contributed by atoms with Gasteiger partial charge in [-0.1, -0.05) is 0 Å². The normalized spacial score (nSPS) is 11.4. The number of nitrogens with one attached hydrogen (secondary N) is 2. The highest BCUT2D eigenvalue weighted by Gasteiger charge is 2.20. The second-order valence-corrected chi connectivity index (χ2v) is 5.45. The van der Waals surface area contributed by atoms with Gasteiger partial charge in [0.05, 0.1) is 17.1 Å². The fourth-order valence-corrected chi connectivity index (χ4v) is 2.79. The van der Waals surface area contributed by atoms with Gasteiger partial charge in [-0.2, -0.15) is 5.10 Å². The molecule has 0 fully saturated rings. The summed E-state index contributed by atoms with van der Waals surface area (Å²) in [7, 11) is -3.76. The lowest BCUT2D eigenvalue weighted by atomic mass is 10.3. The summed E-state index contributed by atoms with van der Waals surface area (Å²) in [5.41, 5.74) is 7.19. The van der Waals surface area contributed by atoms with Crippen molar-refractivity contribution in [2.24, 2.45) is 0 Å². The highest BCUT2D eigenvalue weighted by atomic mass is 32.2. The van der Waals surface area contributed by atoms with Crippen LogP contribution in [0.25, 0.3) is 0 Å². The van der Waals surface area contributed by atoms with Gasteiger partial charge in [-0.15, -0.1) is 0 Å². The summed E-state index contributed by atoms with van der Waals surface area (Å²) in [6.07, 6.45) is 1.43. The molecule has 18 heavy (non-hydrogen) atoms. The highest BCUT2D eigenvalue weighted by molar-refractivity contribution is 7.92. The summed E-state index contributed by atoms with van der Waals surface area (Å²) >= 11 is 0. The first kappa shape index (κ1) is 12.4. The standard InChI is InChI=1S/C10H13N5O2S/c1-6-9(7(2)14-13-6)15-18(16,17)8-4-3-5-12-10(8)11/h3-5,15H,1-2H3,(H2,11,12)(H,13,14). The quantitative estimate of drug-likeness (QED) is 0.761. The van der Waals surface area contributed by atoms with Gasteiger partial charge in [0, 0.05) is 6.20 Å². The number of hydrogen-bond acceptors (Lipinski definition) is 5. The van der Waals surface area contributed by atoms with E-state index in [4.69, 9.17) is 5.73 Å². The minimum absolute atomic E-state index is 0.0381. The third kappa shape index (κ3) is 2.14. The van der Waals surface area contributed by atoms with E-state index in [0.29, 0.717) is 17.1 Å². The molecule has 0 atom stereocenters. The van der Waals surface area contributed by atoms with Crippen LogP contribution in [0.3, 0.4) is 0 Å². The molecule has 2 rings (SSSR count). The van der Waals surface area contributed by atoms with Gasteiger partial charge in [-0.05, 0) is 26.0 Å². The molecule has 0 aliphatic carbocycles. The van der Waals surface area contributed by atoms with Gasteiger partial charge in [0.25, 0.3) is 10.0 Å². The SMILES string of the molecule is Cc1n[nH]c(C)c1NS(=O)(=O)c1cccnc1N. The van der Waals surface area contributed by atoms with Crippen LogP contribution in [0, 0.1) is 13.8 Å². The molecule has 2 aromatic heterocycles. The van der Waals surface area contributed by atoms with Crippen LogP contribution >= 0.6 is 0 Å². The van der Waals surface area contributed by atoms with E-state index in [-0.39, 0.29) is 10.7 Å². The van der Waals surface area contributed by atoms with Crippen molar-refractivity contribution in [2.45, 2.75) is 18.7 Å². The van der Waals surface area contributed by atoms with E-state index in [1.54, 1.807) is 13.8 Å². The van der Waals surface area contributed by atoms with Gasteiger partial charge < -0.3 is 5.73 Å². The smallest absolute Gasteiger partial charge is 0.265 e. The van der Waals surface area contributed by atoms with E-state index < -0.39 is 10.0 Å². The Bertz CT molecular complexity index is 658. The lowest BCUT2D eigenvalue weighted by Gasteiger charge is -2.09. The first-order valence-electron chi connectivity index (χ1n) is 5.16. The zero-order valence-corrected chi connectivity index (χ0v) is 10.7. The van der Waals surface area contributed by atoms with Crippen LogP contribution in [0.2, 0.25) is 0 Å². The molecule has 0 spiro atoms. The predicted molar refractivity (Wildman–Crippen MR) is 67.5 cm³/mol. The summed E-state index contributed by atoms with van der Waals surface area (Å²) in [5.74, 6) is -0.0381. The van der Waals surface area contributed by atoms with Crippen molar-refractivity contribution in [3.8, 4) is 0 Å². The van der Waals surface area contributed by atoms with Crippen molar-refractivity contribution in [3.05, 3.63) is 29.7 Å². The van der Waals surface area contributed by atoms with Crippen molar-refractivity contribution in [1.29, 1.82) is 0 Å². The van der Waals surface area contributed by atoms with Crippen LogP contribution in [-0.2, 0) is 10.0 Å². The number of aromatic amines is 1. The Hall–Kier alpha value is -2.09. The van der Waals surface area contributed by atoms with Gasteiger partial charge in [-0.25, -0.2) is 13.4 Å². The average Bonchev–Trinajstić information content (AvgIpc) is 2.61. The number of anilines is 2. The minimum Gasteiger partial charge on any atom is -0.383 e. The maximum atomic E-state index is 12.2. The summed E-state index contributed by atoms with van der Waals surface area (Å²) in [5, 5.41) is 6.62. The molecule has 0 saturated carbocycles. The van der Waals surface area contributed by atoms with Gasteiger partial charge in [0.15, 0.2) is 0 Å². The molecule has 7 nitrogen and oxygen atoms in total. The fourth-order valence-electron chi connectivity index (χ4n) is 1.52. The van der Waals surface area contributed by atoms with Crippen LogP contribution in [-0.4, -0.2) is 23.6 Å². The van der Waals surface area contributed by atoms with Gasteiger partial charge in [0.2, 0.25) is 0 Å². The average molecular weight is 267 g/mol. The van der Waals surface area contributed by atoms with Crippen LogP contribution in [0.5, 0.6) is 0 Å². The van der Waals surface area contributed by atoms with Crippen LogP contribution in [0.15, 0.2) is 23.2 Å². The van der Waals surface area contributed by atoms with Crippen molar-refractivity contribution in [3.63, 3.8) is 0 Å². The third-order valence-electron chi connectivity index (χ3n) is 2.45. The molecule has 0 amide bonds. The number of pyridine rings is 1. The zero-order chi connectivity index (χ0) is 13.3. The molecule has 0 aromatic carbocycles. The van der Waals surface area contributed by atoms with Crippen molar-refractivity contribution in [2.75, 3.05) is 10.5 Å². The Labute approximate surface area is 104 Å². The van der Waals surface area contributed by atoms with Crippen LogP contribution in [0.4, 0.5) is 11.5 Å². The fraction of sp³-hybridized carbons (Fsp3) is 0.200. The number of aryl methyl sites for hydroxylation is 2. The number of hydrogen-bond donors (Lipinski definition) is 3. The van der Waals surface area contributed by atoms with Gasteiger partial charge >= 0.3 is 0 Å². The van der Waals surface area contributed by atoms with E-state index in [1.807, 2.05) is 0 Å². The van der Waals surface area contributed by atoms with E-state index in [1.165, 1.54) is 18.3 Å². The van der Waals surface area contributed by atoms with E-state index in [0.717, 1.165) is 0 Å². The molecule has 0 bridgehead atoms. The largest absolute Gasteiger partial charge is 0.383 e. The monoisotopic (exact) mass is 267 g/mol. The second kappa shape index (κ2) is 4.30.